The molecule has 0 amide bonds. The summed E-state index contributed by atoms with van der Waals surface area (Å²) in [6, 6.07) is 8.35. The van der Waals surface area contributed by atoms with E-state index in [4.69, 9.17) is 5.73 Å². The highest BCUT2D eigenvalue weighted by molar-refractivity contribution is 5.39. The Labute approximate surface area is 96.5 Å². The summed E-state index contributed by atoms with van der Waals surface area (Å²) in [7, 11) is 0. The molecule has 3 N–H and O–H groups in total. The van der Waals surface area contributed by atoms with Gasteiger partial charge in [0.1, 0.15) is 0 Å². The van der Waals surface area contributed by atoms with E-state index in [-0.39, 0.29) is 12.0 Å². The molecule has 0 heterocycles. The van der Waals surface area contributed by atoms with Crippen LogP contribution in [0.2, 0.25) is 0 Å². The highest BCUT2D eigenvalue weighted by Crippen LogP contribution is 2.58. The summed E-state index contributed by atoms with van der Waals surface area (Å²) < 4.78 is 0. The van der Waals surface area contributed by atoms with Crippen molar-refractivity contribution in [3.05, 3.63) is 35.4 Å². The van der Waals surface area contributed by atoms with E-state index in [9.17, 15) is 5.11 Å². The van der Waals surface area contributed by atoms with E-state index in [1.165, 1.54) is 30.4 Å². The first kappa shape index (κ1) is 10.3. The van der Waals surface area contributed by atoms with Gasteiger partial charge in [0.15, 0.2) is 0 Å². The van der Waals surface area contributed by atoms with E-state index in [0.717, 1.165) is 12.8 Å². The summed E-state index contributed by atoms with van der Waals surface area (Å²) in [6.07, 6.45) is 5.88. The minimum Gasteiger partial charge on any atom is -0.394 e. The minimum absolute atomic E-state index is 0.0734. The fraction of sp³-hybridized carbons (Fsp3) is 0.571. The molecule has 16 heavy (non-hydrogen) atoms. The van der Waals surface area contributed by atoms with Crippen molar-refractivity contribution in [1.82, 2.24) is 0 Å². The van der Waals surface area contributed by atoms with Crippen LogP contribution in [0.4, 0.5) is 0 Å². The van der Waals surface area contributed by atoms with E-state index < -0.39 is 5.54 Å². The Morgan fingerprint density at radius 1 is 1.19 bits per heavy atom. The van der Waals surface area contributed by atoms with Crippen molar-refractivity contribution in [2.24, 2.45) is 11.1 Å². The van der Waals surface area contributed by atoms with Gasteiger partial charge in [0.05, 0.1) is 12.1 Å². The third-order valence-electron chi connectivity index (χ3n) is 4.88. The Morgan fingerprint density at radius 3 is 2.56 bits per heavy atom. The summed E-state index contributed by atoms with van der Waals surface area (Å²) >= 11 is 0. The maximum absolute atomic E-state index is 9.77. The standard InChI is InChI=1S/C14H19NO/c15-14(10-16)12-5-2-1-4-11(12)6-9-13(14)7-3-8-13/h1-2,4-5,16H,3,6-10,15H2. The summed E-state index contributed by atoms with van der Waals surface area (Å²) in [5, 5.41) is 9.77. The zero-order valence-electron chi connectivity index (χ0n) is 9.58. The molecular weight excluding hydrogens is 198 g/mol. The molecule has 1 saturated carbocycles. The number of benzene rings is 1. The molecule has 86 valence electrons. The van der Waals surface area contributed by atoms with Crippen LogP contribution < -0.4 is 5.73 Å². The second-order valence-electron chi connectivity index (χ2n) is 5.42. The van der Waals surface area contributed by atoms with E-state index in [0.29, 0.717) is 0 Å². The lowest BCUT2D eigenvalue weighted by Crippen LogP contribution is -2.60. The third-order valence-corrected chi connectivity index (χ3v) is 4.88. The summed E-state index contributed by atoms with van der Waals surface area (Å²) in [4.78, 5) is 0. The van der Waals surface area contributed by atoms with Gasteiger partial charge in [-0.2, -0.15) is 0 Å². The fourth-order valence-corrected chi connectivity index (χ4v) is 3.61. The molecule has 1 aromatic rings. The number of fused-ring (bicyclic) bond motifs is 1. The van der Waals surface area contributed by atoms with Gasteiger partial charge in [-0.1, -0.05) is 30.7 Å². The van der Waals surface area contributed by atoms with Gasteiger partial charge in [0, 0.05) is 0 Å². The molecule has 0 aromatic heterocycles. The molecule has 2 nitrogen and oxygen atoms in total. The van der Waals surface area contributed by atoms with E-state index in [2.05, 4.69) is 18.2 Å². The van der Waals surface area contributed by atoms with E-state index >= 15 is 0 Å². The topological polar surface area (TPSA) is 46.2 Å². The van der Waals surface area contributed by atoms with Gasteiger partial charge >= 0.3 is 0 Å². The van der Waals surface area contributed by atoms with Crippen molar-refractivity contribution >= 4 is 0 Å². The summed E-state index contributed by atoms with van der Waals surface area (Å²) in [5.74, 6) is 0. The first-order valence-corrected chi connectivity index (χ1v) is 6.20. The zero-order valence-corrected chi connectivity index (χ0v) is 9.58. The van der Waals surface area contributed by atoms with Crippen molar-refractivity contribution in [3.8, 4) is 0 Å². The van der Waals surface area contributed by atoms with Crippen molar-refractivity contribution in [1.29, 1.82) is 0 Å². The van der Waals surface area contributed by atoms with Gasteiger partial charge in [0.25, 0.3) is 0 Å². The van der Waals surface area contributed by atoms with Crippen LogP contribution in [0.25, 0.3) is 0 Å². The predicted octanol–water partition coefficient (Wildman–Crippen LogP) is 1.95. The van der Waals surface area contributed by atoms with Gasteiger partial charge in [-0.25, -0.2) is 0 Å². The van der Waals surface area contributed by atoms with Gasteiger partial charge in [-0.3, -0.25) is 0 Å². The van der Waals surface area contributed by atoms with Crippen LogP contribution in [0.1, 0.15) is 36.8 Å². The molecule has 1 atom stereocenters. The zero-order chi connectivity index (χ0) is 11.2. The Bertz CT molecular complexity index is 411. The van der Waals surface area contributed by atoms with Gasteiger partial charge in [-0.15, -0.1) is 0 Å². The first-order valence-electron chi connectivity index (χ1n) is 6.20. The summed E-state index contributed by atoms with van der Waals surface area (Å²) in [6.45, 7) is 0.0734. The molecular formula is C14H19NO. The molecule has 1 spiro atoms. The SMILES string of the molecule is NC1(CO)c2ccccc2CCC12CCC2. The normalized spacial score (nSPS) is 30.9. The van der Waals surface area contributed by atoms with Crippen LogP contribution >= 0.6 is 0 Å². The third kappa shape index (κ3) is 1.09. The smallest absolute Gasteiger partial charge is 0.0703 e. The number of aliphatic hydroxyl groups excluding tert-OH is 1. The van der Waals surface area contributed by atoms with Crippen molar-refractivity contribution in [2.45, 2.75) is 37.6 Å². The lowest BCUT2D eigenvalue weighted by Gasteiger charge is -2.57. The minimum atomic E-state index is -0.500. The second-order valence-corrected chi connectivity index (χ2v) is 5.42. The number of hydrogen-bond donors (Lipinski definition) is 2. The Morgan fingerprint density at radius 2 is 1.94 bits per heavy atom. The van der Waals surface area contributed by atoms with Crippen molar-refractivity contribution in [2.75, 3.05) is 6.61 Å². The maximum atomic E-state index is 9.77. The highest BCUT2D eigenvalue weighted by atomic mass is 16.3. The number of rotatable bonds is 1. The Balaban J connectivity index is 2.13. The van der Waals surface area contributed by atoms with E-state index in [1.807, 2.05) is 6.07 Å². The number of aliphatic hydroxyl groups is 1. The van der Waals surface area contributed by atoms with Gasteiger partial charge < -0.3 is 10.8 Å². The molecule has 0 radical (unpaired) electrons. The average Bonchev–Trinajstić information content (AvgIpc) is 2.28. The number of hydrogen-bond acceptors (Lipinski definition) is 2. The summed E-state index contributed by atoms with van der Waals surface area (Å²) in [5.41, 5.74) is 8.75. The molecule has 3 rings (SSSR count). The van der Waals surface area contributed by atoms with Crippen molar-refractivity contribution < 1.29 is 5.11 Å². The lowest BCUT2D eigenvalue weighted by molar-refractivity contribution is -0.0311. The van der Waals surface area contributed by atoms with Crippen LogP contribution in [0.5, 0.6) is 0 Å². The Hall–Kier alpha value is -0.860. The molecule has 2 heteroatoms. The van der Waals surface area contributed by atoms with Crippen LogP contribution in [-0.2, 0) is 12.0 Å². The van der Waals surface area contributed by atoms with Crippen LogP contribution in [0.3, 0.4) is 0 Å². The van der Waals surface area contributed by atoms with Crippen LogP contribution in [0, 0.1) is 5.41 Å². The average molecular weight is 217 g/mol. The quantitative estimate of drug-likeness (QED) is 0.755. The fourth-order valence-electron chi connectivity index (χ4n) is 3.61. The molecule has 0 saturated heterocycles. The molecule has 1 aromatic carbocycles. The highest BCUT2D eigenvalue weighted by Gasteiger charge is 2.55. The molecule has 1 unspecified atom stereocenters. The molecule has 2 aliphatic rings. The number of aryl methyl sites for hydroxylation is 1. The molecule has 0 aliphatic heterocycles. The van der Waals surface area contributed by atoms with Crippen molar-refractivity contribution in [3.63, 3.8) is 0 Å². The van der Waals surface area contributed by atoms with Crippen LogP contribution in [-0.4, -0.2) is 11.7 Å². The lowest BCUT2D eigenvalue weighted by atomic mass is 9.50. The van der Waals surface area contributed by atoms with Gasteiger partial charge in [0.2, 0.25) is 0 Å². The monoisotopic (exact) mass is 217 g/mol. The molecule has 2 aliphatic carbocycles. The van der Waals surface area contributed by atoms with Gasteiger partial charge in [-0.05, 0) is 42.2 Å². The van der Waals surface area contributed by atoms with Crippen LogP contribution in [0.15, 0.2) is 24.3 Å². The Kier molecular flexibility index (Phi) is 2.13. The predicted molar refractivity (Wildman–Crippen MR) is 64.0 cm³/mol. The maximum Gasteiger partial charge on any atom is 0.0703 e. The molecule has 1 fully saturated rings. The molecule has 0 bridgehead atoms. The number of nitrogens with two attached hydrogens (primary N) is 1. The second kappa shape index (κ2) is 3.31. The van der Waals surface area contributed by atoms with E-state index in [1.54, 1.807) is 0 Å². The first-order chi connectivity index (χ1) is 7.72. The largest absolute Gasteiger partial charge is 0.394 e.